The van der Waals surface area contributed by atoms with Gasteiger partial charge in [0.05, 0.1) is 0 Å². The first-order valence-corrected chi connectivity index (χ1v) is 6.51. The summed E-state index contributed by atoms with van der Waals surface area (Å²) in [6.45, 7) is 0. The molecule has 2 N–H and O–H groups in total. The summed E-state index contributed by atoms with van der Waals surface area (Å²) in [7, 11) is 0. The topological polar surface area (TPSA) is 26.0 Å². The molecule has 2 aromatic carbocycles. The maximum Gasteiger partial charge on any atom is 0.133 e. The van der Waals surface area contributed by atoms with Gasteiger partial charge in [-0.05, 0) is 24.1 Å². The highest BCUT2D eigenvalue weighted by molar-refractivity contribution is 9.10. The van der Waals surface area contributed by atoms with Crippen molar-refractivity contribution in [1.29, 1.82) is 0 Å². The molecule has 0 heterocycles. The van der Waals surface area contributed by atoms with E-state index in [1.165, 1.54) is 12.1 Å². The first-order chi connectivity index (χ1) is 9.38. The second kappa shape index (κ2) is 5.93. The van der Waals surface area contributed by atoms with Gasteiger partial charge in [-0.3, -0.25) is 0 Å². The number of nitrogens with two attached hydrogens (primary N) is 1. The van der Waals surface area contributed by atoms with Gasteiger partial charge in [0.15, 0.2) is 0 Å². The standard InChI is InChI=1S/C14H10BrF4N/c15-8-2-1-7(10(17)4-8)3-13(20)14-11(18)5-9(16)6-12(14)19/h1-2,4-6,13H,3,20H2. The van der Waals surface area contributed by atoms with Gasteiger partial charge >= 0.3 is 0 Å². The van der Waals surface area contributed by atoms with Crippen molar-refractivity contribution >= 4 is 15.9 Å². The van der Waals surface area contributed by atoms with Crippen LogP contribution < -0.4 is 5.73 Å². The highest BCUT2D eigenvalue weighted by Crippen LogP contribution is 2.25. The summed E-state index contributed by atoms with van der Waals surface area (Å²) in [5.74, 6) is -3.71. The van der Waals surface area contributed by atoms with Gasteiger partial charge in [-0.15, -0.1) is 0 Å². The van der Waals surface area contributed by atoms with Crippen molar-refractivity contribution in [2.24, 2.45) is 5.73 Å². The second-order valence-electron chi connectivity index (χ2n) is 4.33. The Morgan fingerprint density at radius 3 is 2.10 bits per heavy atom. The Morgan fingerprint density at radius 1 is 0.950 bits per heavy atom. The normalized spacial score (nSPS) is 12.5. The van der Waals surface area contributed by atoms with Gasteiger partial charge in [0.1, 0.15) is 23.3 Å². The third-order valence-corrected chi connectivity index (χ3v) is 3.36. The van der Waals surface area contributed by atoms with Crippen LogP contribution in [-0.2, 0) is 6.42 Å². The number of hydrogen-bond donors (Lipinski definition) is 1. The molecule has 0 saturated heterocycles. The molecule has 0 aromatic heterocycles. The number of rotatable bonds is 3. The Bertz CT molecular complexity index is 622. The number of halogens is 5. The molecular formula is C14H10BrF4N. The molecule has 2 rings (SSSR count). The average Bonchev–Trinajstić information content (AvgIpc) is 2.31. The summed E-state index contributed by atoms with van der Waals surface area (Å²) in [5, 5.41) is 0. The Hall–Kier alpha value is -1.40. The predicted molar refractivity (Wildman–Crippen MR) is 71.0 cm³/mol. The van der Waals surface area contributed by atoms with Crippen LogP contribution in [0.25, 0.3) is 0 Å². The minimum Gasteiger partial charge on any atom is -0.323 e. The molecule has 0 saturated carbocycles. The molecule has 1 nitrogen and oxygen atoms in total. The van der Waals surface area contributed by atoms with Crippen molar-refractivity contribution < 1.29 is 17.6 Å². The molecule has 0 aliphatic rings. The van der Waals surface area contributed by atoms with E-state index >= 15 is 0 Å². The first kappa shape index (κ1) is 15.0. The van der Waals surface area contributed by atoms with E-state index in [9.17, 15) is 17.6 Å². The second-order valence-corrected chi connectivity index (χ2v) is 5.25. The van der Waals surface area contributed by atoms with Gasteiger partial charge in [0.25, 0.3) is 0 Å². The van der Waals surface area contributed by atoms with Gasteiger partial charge in [-0.25, -0.2) is 17.6 Å². The van der Waals surface area contributed by atoms with Crippen molar-refractivity contribution in [3.05, 3.63) is 69.2 Å². The SMILES string of the molecule is NC(Cc1ccc(Br)cc1F)c1c(F)cc(F)cc1F. The Morgan fingerprint density at radius 2 is 1.55 bits per heavy atom. The molecular weight excluding hydrogens is 338 g/mol. The Labute approximate surface area is 121 Å². The molecule has 0 spiro atoms. The summed E-state index contributed by atoms with van der Waals surface area (Å²) in [5.41, 5.74) is 5.48. The van der Waals surface area contributed by atoms with Crippen molar-refractivity contribution in [1.82, 2.24) is 0 Å². The first-order valence-electron chi connectivity index (χ1n) is 5.72. The van der Waals surface area contributed by atoms with E-state index in [1.54, 1.807) is 6.07 Å². The predicted octanol–water partition coefficient (Wildman–Crippen LogP) is 4.25. The van der Waals surface area contributed by atoms with Crippen LogP contribution in [0.15, 0.2) is 34.8 Å². The fourth-order valence-corrected chi connectivity index (χ4v) is 2.27. The Balaban J connectivity index is 2.31. The zero-order valence-electron chi connectivity index (χ0n) is 10.1. The molecule has 1 atom stereocenters. The van der Waals surface area contributed by atoms with Gasteiger partial charge < -0.3 is 5.73 Å². The lowest BCUT2D eigenvalue weighted by Gasteiger charge is -2.15. The minimum atomic E-state index is -1.11. The van der Waals surface area contributed by atoms with Gasteiger partial charge in [-0.2, -0.15) is 0 Å². The highest BCUT2D eigenvalue weighted by Gasteiger charge is 2.19. The molecule has 0 amide bonds. The van der Waals surface area contributed by atoms with Crippen LogP contribution in [0.1, 0.15) is 17.2 Å². The summed E-state index contributed by atoms with van der Waals surface area (Å²) in [6, 6.07) is 4.30. The van der Waals surface area contributed by atoms with E-state index in [1.807, 2.05) is 0 Å². The molecule has 0 fully saturated rings. The molecule has 2 aromatic rings. The van der Waals surface area contributed by atoms with Crippen LogP contribution in [0.4, 0.5) is 17.6 Å². The molecule has 0 bridgehead atoms. The third-order valence-electron chi connectivity index (χ3n) is 2.87. The van der Waals surface area contributed by atoms with Crippen molar-refractivity contribution in [3.63, 3.8) is 0 Å². The van der Waals surface area contributed by atoms with Crippen LogP contribution >= 0.6 is 15.9 Å². The fraction of sp³-hybridized carbons (Fsp3) is 0.143. The lowest BCUT2D eigenvalue weighted by molar-refractivity contribution is 0.497. The van der Waals surface area contributed by atoms with E-state index < -0.39 is 34.9 Å². The maximum absolute atomic E-state index is 13.7. The monoisotopic (exact) mass is 347 g/mol. The highest BCUT2D eigenvalue weighted by atomic mass is 79.9. The van der Waals surface area contributed by atoms with Crippen LogP contribution in [0.5, 0.6) is 0 Å². The molecule has 106 valence electrons. The van der Waals surface area contributed by atoms with Crippen molar-refractivity contribution in [2.45, 2.75) is 12.5 Å². The number of benzene rings is 2. The third kappa shape index (κ3) is 3.19. The lowest BCUT2D eigenvalue weighted by atomic mass is 9.98. The lowest BCUT2D eigenvalue weighted by Crippen LogP contribution is -2.18. The molecule has 0 radical (unpaired) electrons. The van der Waals surface area contributed by atoms with Crippen LogP contribution in [-0.4, -0.2) is 0 Å². The summed E-state index contributed by atoms with van der Waals surface area (Å²) >= 11 is 3.11. The maximum atomic E-state index is 13.7. The van der Waals surface area contributed by atoms with E-state index in [-0.39, 0.29) is 12.0 Å². The van der Waals surface area contributed by atoms with Crippen LogP contribution in [0, 0.1) is 23.3 Å². The quantitative estimate of drug-likeness (QED) is 0.825. The fourth-order valence-electron chi connectivity index (χ4n) is 1.93. The van der Waals surface area contributed by atoms with Crippen LogP contribution in [0.2, 0.25) is 0 Å². The Kier molecular flexibility index (Phi) is 4.45. The minimum absolute atomic E-state index is 0.0986. The zero-order valence-corrected chi connectivity index (χ0v) is 11.7. The molecule has 0 aliphatic heterocycles. The summed E-state index contributed by atoms with van der Waals surface area (Å²) < 4.78 is 54.2. The van der Waals surface area contributed by atoms with Crippen LogP contribution in [0.3, 0.4) is 0 Å². The molecule has 20 heavy (non-hydrogen) atoms. The number of hydrogen-bond acceptors (Lipinski definition) is 1. The van der Waals surface area contributed by atoms with E-state index in [4.69, 9.17) is 5.73 Å². The van der Waals surface area contributed by atoms with Crippen molar-refractivity contribution in [2.75, 3.05) is 0 Å². The van der Waals surface area contributed by atoms with Gasteiger partial charge in [0, 0.05) is 28.2 Å². The van der Waals surface area contributed by atoms with E-state index in [0.717, 1.165) is 0 Å². The van der Waals surface area contributed by atoms with E-state index in [0.29, 0.717) is 16.6 Å². The van der Waals surface area contributed by atoms with E-state index in [2.05, 4.69) is 15.9 Å². The summed E-state index contributed by atoms with van der Waals surface area (Å²) in [4.78, 5) is 0. The zero-order chi connectivity index (χ0) is 14.9. The molecule has 1 unspecified atom stereocenters. The molecule has 0 aliphatic carbocycles. The van der Waals surface area contributed by atoms with Gasteiger partial charge in [0.2, 0.25) is 0 Å². The van der Waals surface area contributed by atoms with Gasteiger partial charge in [-0.1, -0.05) is 22.0 Å². The largest absolute Gasteiger partial charge is 0.323 e. The van der Waals surface area contributed by atoms with Crippen molar-refractivity contribution in [3.8, 4) is 0 Å². The average molecular weight is 348 g/mol. The smallest absolute Gasteiger partial charge is 0.133 e. The summed E-state index contributed by atoms with van der Waals surface area (Å²) in [6.07, 6.45) is -0.0986. The molecule has 6 heteroatoms.